The van der Waals surface area contributed by atoms with E-state index in [4.69, 9.17) is 9.72 Å². The molecule has 3 heterocycles. The fourth-order valence-electron chi connectivity index (χ4n) is 5.24. The Bertz CT molecular complexity index is 1680. The number of nitrogens with zero attached hydrogens (tertiary/aromatic N) is 3. The average Bonchev–Trinajstić information content (AvgIpc) is 3.25. The highest BCUT2D eigenvalue weighted by Crippen LogP contribution is 2.36. The number of carbonyl (C=O) groups is 1. The fourth-order valence-corrected chi connectivity index (χ4v) is 5.24. The molecule has 7 nitrogen and oxygen atoms in total. The van der Waals surface area contributed by atoms with Crippen LogP contribution in [0.1, 0.15) is 17.5 Å². The maximum Gasteiger partial charge on any atom is 0.261 e. The molecule has 6 rings (SSSR count). The van der Waals surface area contributed by atoms with Gasteiger partial charge < -0.3 is 14.6 Å². The minimum absolute atomic E-state index is 0.0207. The summed E-state index contributed by atoms with van der Waals surface area (Å²) < 4.78 is 9.32. The number of amides is 1. The quantitative estimate of drug-likeness (QED) is 0.395. The van der Waals surface area contributed by atoms with E-state index in [-0.39, 0.29) is 11.5 Å². The summed E-state index contributed by atoms with van der Waals surface area (Å²) >= 11 is 0. The van der Waals surface area contributed by atoms with Crippen LogP contribution < -0.4 is 15.6 Å². The van der Waals surface area contributed by atoms with E-state index in [1.807, 2.05) is 60.7 Å². The number of fused-ring (bicyclic) bond motifs is 6. The lowest BCUT2D eigenvalue weighted by Gasteiger charge is -2.21. The molecule has 36 heavy (non-hydrogen) atoms. The van der Waals surface area contributed by atoms with Crippen molar-refractivity contribution in [2.75, 3.05) is 7.11 Å². The van der Waals surface area contributed by atoms with Crippen LogP contribution in [0.3, 0.4) is 0 Å². The summed E-state index contributed by atoms with van der Waals surface area (Å²) in [4.78, 5) is 31.1. The molecule has 7 heteroatoms. The molecule has 180 valence electrons. The Labute approximate surface area is 208 Å². The number of hydrogen-bond donors (Lipinski definition) is 1. The van der Waals surface area contributed by atoms with Crippen molar-refractivity contribution < 1.29 is 9.53 Å². The highest BCUT2D eigenvalue weighted by molar-refractivity contribution is 5.92. The van der Waals surface area contributed by atoms with Crippen molar-refractivity contribution in [2.45, 2.75) is 32.5 Å². The van der Waals surface area contributed by atoms with Gasteiger partial charge in [0.15, 0.2) is 5.82 Å². The lowest BCUT2D eigenvalue weighted by Crippen LogP contribution is -2.28. The third-order valence-corrected chi connectivity index (χ3v) is 6.97. The number of methoxy groups -OCH3 is 1. The number of carbonyl (C=O) groups excluding carboxylic acids is 1. The highest BCUT2D eigenvalue weighted by Gasteiger charge is 2.27. The number of para-hydroxylation sites is 3. The molecule has 0 saturated carbocycles. The number of hydrogen-bond acceptors (Lipinski definition) is 4. The molecule has 0 bridgehead atoms. The third-order valence-electron chi connectivity index (χ3n) is 6.97. The third kappa shape index (κ3) is 3.64. The monoisotopic (exact) mass is 478 g/mol. The molecule has 1 aliphatic rings. The SMILES string of the molecule is COc1ccccc1CNC(=O)CCn1c2c(c3ccccc31)CCn1c-2nc2ccccc2c1=O. The van der Waals surface area contributed by atoms with Gasteiger partial charge in [-0.2, -0.15) is 0 Å². The molecule has 2 aromatic heterocycles. The lowest BCUT2D eigenvalue weighted by molar-refractivity contribution is -0.121. The molecule has 0 radical (unpaired) electrons. The molecule has 0 atom stereocenters. The molecule has 0 saturated heterocycles. The first-order chi connectivity index (χ1) is 17.7. The van der Waals surface area contributed by atoms with Crippen LogP contribution in [0.2, 0.25) is 0 Å². The van der Waals surface area contributed by atoms with Crippen molar-refractivity contribution in [3.05, 3.63) is 94.3 Å². The highest BCUT2D eigenvalue weighted by atomic mass is 16.5. The van der Waals surface area contributed by atoms with Crippen molar-refractivity contribution in [3.63, 3.8) is 0 Å². The summed E-state index contributed by atoms with van der Waals surface area (Å²) in [6.45, 7) is 1.47. The Kier molecular flexibility index (Phi) is 5.52. The lowest BCUT2D eigenvalue weighted by atomic mass is 10.0. The normalized spacial score (nSPS) is 12.4. The Morgan fingerprint density at radius 2 is 1.75 bits per heavy atom. The second-order valence-corrected chi connectivity index (χ2v) is 8.99. The largest absolute Gasteiger partial charge is 0.496 e. The van der Waals surface area contributed by atoms with Crippen molar-refractivity contribution in [1.82, 2.24) is 19.4 Å². The number of rotatable bonds is 6. The van der Waals surface area contributed by atoms with Gasteiger partial charge in [0, 0.05) is 42.5 Å². The smallest absolute Gasteiger partial charge is 0.261 e. The van der Waals surface area contributed by atoms with Crippen molar-refractivity contribution in [2.24, 2.45) is 0 Å². The van der Waals surface area contributed by atoms with Crippen molar-refractivity contribution in [1.29, 1.82) is 0 Å². The van der Waals surface area contributed by atoms with Crippen LogP contribution in [0.25, 0.3) is 33.3 Å². The molecule has 3 aromatic carbocycles. The maximum absolute atomic E-state index is 13.3. The fraction of sp³-hybridized carbons (Fsp3) is 0.207. The zero-order valence-corrected chi connectivity index (χ0v) is 20.0. The average molecular weight is 479 g/mol. The van der Waals surface area contributed by atoms with Crippen LogP contribution in [0, 0.1) is 0 Å². The zero-order valence-electron chi connectivity index (χ0n) is 20.0. The Morgan fingerprint density at radius 3 is 2.61 bits per heavy atom. The van der Waals surface area contributed by atoms with E-state index < -0.39 is 0 Å². The molecule has 1 aliphatic heterocycles. The van der Waals surface area contributed by atoms with Crippen LogP contribution in [-0.2, 0) is 30.8 Å². The molecule has 0 spiro atoms. The summed E-state index contributed by atoms with van der Waals surface area (Å²) in [6, 6.07) is 23.4. The molecular formula is C29H26N4O3. The maximum atomic E-state index is 13.3. The van der Waals surface area contributed by atoms with Crippen LogP contribution in [0.5, 0.6) is 5.75 Å². The minimum Gasteiger partial charge on any atom is -0.496 e. The van der Waals surface area contributed by atoms with Gasteiger partial charge in [0.05, 0.1) is 23.7 Å². The number of nitrogens with one attached hydrogen (secondary N) is 1. The number of aromatic nitrogens is 3. The van der Waals surface area contributed by atoms with Crippen LogP contribution in [0.4, 0.5) is 0 Å². The molecular weight excluding hydrogens is 452 g/mol. The summed E-state index contributed by atoms with van der Waals surface area (Å²) in [5.41, 5.74) is 4.77. The van der Waals surface area contributed by atoms with Gasteiger partial charge in [-0.3, -0.25) is 14.2 Å². The van der Waals surface area contributed by atoms with Gasteiger partial charge in [-0.15, -0.1) is 0 Å². The Hall–Kier alpha value is -4.39. The molecule has 5 aromatic rings. The summed E-state index contributed by atoms with van der Waals surface area (Å²) in [5.74, 6) is 1.38. The van der Waals surface area contributed by atoms with E-state index in [1.54, 1.807) is 11.7 Å². The first-order valence-electron chi connectivity index (χ1n) is 12.1. The molecule has 1 amide bonds. The number of benzene rings is 3. The van der Waals surface area contributed by atoms with Crippen LogP contribution in [0.15, 0.2) is 77.6 Å². The van der Waals surface area contributed by atoms with Gasteiger partial charge in [0.25, 0.3) is 5.56 Å². The second-order valence-electron chi connectivity index (χ2n) is 8.99. The standard InChI is InChI=1S/C29H26N4O3/c1-36-25-13-7-2-8-19(25)18-30-26(34)15-17-32-24-12-6-4-9-20(24)21-14-16-33-28(27(21)32)31-23-11-5-3-10-22(23)29(33)35/h2-13H,14-18H2,1H3,(H,30,34). The van der Waals surface area contributed by atoms with Gasteiger partial charge >= 0.3 is 0 Å². The van der Waals surface area contributed by atoms with E-state index >= 15 is 0 Å². The minimum atomic E-state index is -0.0490. The topological polar surface area (TPSA) is 78.2 Å². The Balaban J connectivity index is 1.35. The summed E-state index contributed by atoms with van der Waals surface area (Å²) in [5, 5.41) is 4.79. The zero-order chi connectivity index (χ0) is 24.6. The summed E-state index contributed by atoms with van der Waals surface area (Å²) in [7, 11) is 1.63. The van der Waals surface area contributed by atoms with Gasteiger partial charge in [-0.05, 0) is 36.2 Å². The summed E-state index contributed by atoms with van der Waals surface area (Å²) in [6.07, 6.45) is 1.05. The molecule has 0 fully saturated rings. The van der Waals surface area contributed by atoms with Crippen LogP contribution in [-0.4, -0.2) is 27.1 Å². The van der Waals surface area contributed by atoms with Gasteiger partial charge in [-0.1, -0.05) is 48.5 Å². The molecule has 0 unspecified atom stereocenters. The number of ether oxygens (including phenoxy) is 1. The van der Waals surface area contributed by atoms with Gasteiger partial charge in [0.1, 0.15) is 5.75 Å². The predicted molar refractivity (Wildman–Crippen MR) is 140 cm³/mol. The van der Waals surface area contributed by atoms with Gasteiger partial charge in [0.2, 0.25) is 5.91 Å². The van der Waals surface area contributed by atoms with E-state index in [1.165, 1.54) is 5.56 Å². The van der Waals surface area contributed by atoms with Gasteiger partial charge in [-0.25, -0.2) is 4.98 Å². The Morgan fingerprint density at radius 1 is 1.00 bits per heavy atom. The number of aryl methyl sites for hydroxylation is 2. The second kappa shape index (κ2) is 9.00. The van der Waals surface area contributed by atoms with E-state index in [0.717, 1.165) is 34.3 Å². The van der Waals surface area contributed by atoms with E-state index in [9.17, 15) is 9.59 Å². The van der Waals surface area contributed by atoms with Crippen LogP contribution >= 0.6 is 0 Å². The predicted octanol–water partition coefficient (Wildman–Crippen LogP) is 4.29. The molecule has 1 N–H and O–H groups in total. The van der Waals surface area contributed by atoms with Crippen molar-refractivity contribution >= 4 is 27.7 Å². The van der Waals surface area contributed by atoms with Crippen molar-refractivity contribution in [3.8, 4) is 17.3 Å². The first-order valence-corrected chi connectivity index (χ1v) is 12.1. The molecule has 0 aliphatic carbocycles. The van der Waals surface area contributed by atoms with E-state index in [0.29, 0.717) is 42.8 Å². The van der Waals surface area contributed by atoms with E-state index in [2.05, 4.69) is 22.0 Å². The first kappa shape index (κ1) is 22.1.